The summed E-state index contributed by atoms with van der Waals surface area (Å²) in [7, 11) is 2.92. The fourth-order valence-electron chi connectivity index (χ4n) is 3.83. The SMILES string of the molecule is CN=c1ccn(CCNC(=O)c2ccn3c(-c4cc(C(F)(F)F)ccc4OC)cnc3c2)c(C(=O)O)c1. The van der Waals surface area contributed by atoms with Crippen molar-refractivity contribution in [1.29, 1.82) is 0 Å². The summed E-state index contributed by atoms with van der Waals surface area (Å²) < 4.78 is 48.1. The zero-order valence-corrected chi connectivity index (χ0v) is 19.8. The maximum Gasteiger partial charge on any atom is 0.416 e. The normalized spacial score (nSPS) is 12.1. The molecule has 3 aromatic heterocycles. The number of carbonyl (C=O) groups is 2. The number of nitrogens with one attached hydrogen (secondary N) is 1. The van der Waals surface area contributed by atoms with Crippen LogP contribution in [0.15, 0.2) is 66.0 Å². The molecule has 0 fully saturated rings. The summed E-state index contributed by atoms with van der Waals surface area (Å²) in [5.74, 6) is -1.29. The summed E-state index contributed by atoms with van der Waals surface area (Å²) in [4.78, 5) is 32.4. The molecule has 37 heavy (non-hydrogen) atoms. The minimum atomic E-state index is -4.52. The van der Waals surface area contributed by atoms with Crippen LogP contribution >= 0.6 is 0 Å². The van der Waals surface area contributed by atoms with Crippen LogP contribution in [0.3, 0.4) is 0 Å². The van der Waals surface area contributed by atoms with Crippen LogP contribution < -0.4 is 15.4 Å². The van der Waals surface area contributed by atoms with E-state index < -0.39 is 23.6 Å². The Morgan fingerprint density at radius 2 is 1.92 bits per heavy atom. The first-order valence-electron chi connectivity index (χ1n) is 11.0. The number of carboxylic acids is 1. The quantitative estimate of drug-likeness (QED) is 0.393. The van der Waals surface area contributed by atoms with Crippen molar-refractivity contribution in [3.63, 3.8) is 0 Å². The average molecular weight is 513 g/mol. The summed E-state index contributed by atoms with van der Waals surface area (Å²) in [6.45, 7) is 0.362. The van der Waals surface area contributed by atoms with Gasteiger partial charge in [-0.25, -0.2) is 9.78 Å². The van der Waals surface area contributed by atoms with E-state index in [-0.39, 0.29) is 35.7 Å². The molecule has 12 heteroatoms. The molecule has 0 aliphatic rings. The molecule has 9 nitrogen and oxygen atoms in total. The van der Waals surface area contributed by atoms with E-state index in [0.717, 1.165) is 12.1 Å². The van der Waals surface area contributed by atoms with E-state index in [1.54, 1.807) is 23.7 Å². The van der Waals surface area contributed by atoms with Gasteiger partial charge in [0.1, 0.15) is 17.1 Å². The van der Waals surface area contributed by atoms with Gasteiger partial charge in [0, 0.05) is 43.7 Å². The summed E-state index contributed by atoms with van der Waals surface area (Å²) >= 11 is 0. The molecule has 0 radical (unpaired) electrons. The summed E-state index contributed by atoms with van der Waals surface area (Å²) in [6.07, 6.45) is 0.00362. The maximum atomic E-state index is 13.3. The largest absolute Gasteiger partial charge is 0.496 e. The lowest BCUT2D eigenvalue weighted by Crippen LogP contribution is -2.29. The van der Waals surface area contributed by atoms with E-state index in [0.29, 0.717) is 16.7 Å². The monoisotopic (exact) mass is 513 g/mol. The van der Waals surface area contributed by atoms with Crippen molar-refractivity contribution < 1.29 is 32.6 Å². The predicted molar refractivity (Wildman–Crippen MR) is 127 cm³/mol. The van der Waals surface area contributed by atoms with E-state index in [1.165, 1.54) is 48.3 Å². The number of pyridine rings is 2. The topological polar surface area (TPSA) is 110 Å². The second kappa shape index (κ2) is 10.2. The van der Waals surface area contributed by atoms with Crippen LogP contribution in [-0.2, 0) is 12.7 Å². The number of hydrogen-bond donors (Lipinski definition) is 2. The van der Waals surface area contributed by atoms with E-state index >= 15 is 0 Å². The summed E-state index contributed by atoms with van der Waals surface area (Å²) in [6, 6.07) is 9.31. The van der Waals surface area contributed by atoms with E-state index in [2.05, 4.69) is 15.3 Å². The van der Waals surface area contributed by atoms with E-state index in [1.807, 2.05) is 0 Å². The van der Waals surface area contributed by atoms with Crippen molar-refractivity contribution in [3.8, 4) is 17.0 Å². The molecule has 192 valence electrons. The molecule has 0 aliphatic heterocycles. The van der Waals surface area contributed by atoms with Crippen molar-refractivity contribution in [2.75, 3.05) is 20.7 Å². The third-order valence-electron chi connectivity index (χ3n) is 5.71. The first-order chi connectivity index (χ1) is 17.6. The summed E-state index contributed by atoms with van der Waals surface area (Å²) in [5.41, 5.74) is 0.415. The van der Waals surface area contributed by atoms with Crippen molar-refractivity contribution in [3.05, 3.63) is 83.2 Å². The minimum Gasteiger partial charge on any atom is -0.496 e. The standard InChI is InChI=1S/C25H22F3N5O4/c1-29-17-6-8-32(19(13-17)24(35)36)10-7-30-23(34)15-5-9-33-20(14-31-22(33)11-15)18-12-16(25(26,27)28)3-4-21(18)37-2/h3-6,8-9,11-14H,7,10H2,1-2H3,(H,30,34)(H,35,36). The number of benzene rings is 1. The number of carboxylic acid groups (broad SMARTS) is 1. The van der Waals surface area contributed by atoms with Gasteiger partial charge in [-0.05, 0) is 42.5 Å². The van der Waals surface area contributed by atoms with Crippen molar-refractivity contribution in [2.24, 2.45) is 4.99 Å². The van der Waals surface area contributed by atoms with Crippen LogP contribution in [-0.4, -0.2) is 51.6 Å². The van der Waals surface area contributed by atoms with Crippen molar-refractivity contribution >= 4 is 17.5 Å². The molecule has 0 saturated heterocycles. The Labute approximate surface area is 208 Å². The van der Waals surface area contributed by atoms with Crippen LogP contribution in [0.1, 0.15) is 26.4 Å². The number of imidazole rings is 1. The van der Waals surface area contributed by atoms with Crippen LogP contribution in [0.4, 0.5) is 13.2 Å². The van der Waals surface area contributed by atoms with Gasteiger partial charge < -0.3 is 19.7 Å². The minimum absolute atomic E-state index is 0.0358. The van der Waals surface area contributed by atoms with Gasteiger partial charge in [-0.3, -0.25) is 14.2 Å². The van der Waals surface area contributed by atoms with Gasteiger partial charge in [-0.2, -0.15) is 13.2 Å². The molecule has 3 heterocycles. The molecule has 4 rings (SSSR count). The van der Waals surface area contributed by atoms with E-state index in [9.17, 15) is 27.9 Å². The number of fused-ring (bicyclic) bond motifs is 1. The Morgan fingerprint density at radius 3 is 2.59 bits per heavy atom. The Kier molecular flexibility index (Phi) is 7.00. The van der Waals surface area contributed by atoms with Crippen LogP contribution in [0.2, 0.25) is 0 Å². The Morgan fingerprint density at radius 1 is 1.14 bits per heavy atom. The van der Waals surface area contributed by atoms with E-state index in [4.69, 9.17) is 4.74 Å². The fraction of sp³-hybridized carbons (Fsp3) is 0.200. The first-order valence-corrected chi connectivity index (χ1v) is 11.0. The number of carbonyl (C=O) groups excluding carboxylic acids is 1. The maximum absolute atomic E-state index is 13.3. The molecular formula is C25H22F3N5O4. The number of methoxy groups -OCH3 is 1. The number of aromatic nitrogens is 3. The number of nitrogens with zero attached hydrogens (tertiary/aromatic N) is 4. The number of aromatic carboxylic acids is 1. The molecule has 0 unspecified atom stereocenters. The number of halogens is 3. The van der Waals surface area contributed by atoms with Gasteiger partial charge in [0.25, 0.3) is 5.91 Å². The molecular weight excluding hydrogens is 491 g/mol. The van der Waals surface area contributed by atoms with Gasteiger partial charge in [0.2, 0.25) is 0 Å². The highest BCUT2D eigenvalue weighted by Gasteiger charge is 2.31. The van der Waals surface area contributed by atoms with Crippen molar-refractivity contribution in [2.45, 2.75) is 12.7 Å². The second-order valence-corrected chi connectivity index (χ2v) is 7.95. The Hall–Kier alpha value is -4.61. The van der Waals surface area contributed by atoms with Gasteiger partial charge >= 0.3 is 12.1 Å². The van der Waals surface area contributed by atoms with Gasteiger partial charge in [0.15, 0.2) is 0 Å². The van der Waals surface area contributed by atoms with Gasteiger partial charge in [-0.15, -0.1) is 0 Å². The smallest absolute Gasteiger partial charge is 0.416 e. The second-order valence-electron chi connectivity index (χ2n) is 7.95. The Balaban J connectivity index is 1.54. The fourth-order valence-corrected chi connectivity index (χ4v) is 3.83. The van der Waals surface area contributed by atoms with Gasteiger partial charge in [0.05, 0.1) is 29.9 Å². The third-order valence-corrected chi connectivity index (χ3v) is 5.71. The number of amides is 1. The molecule has 0 aliphatic carbocycles. The molecule has 0 saturated carbocycles. The third kappa shape index (κ3) is 5.32. The number of rotatable bonds is 7. The molecule has 1 aromatic carbocycles. The predicted octanol–water partition coefficient (Wildman–Crippen LogP) is 3.49. The lowest BCUT2D eigenvalue weighted by molar-refractivity contribution is -0.137. The van der Waals surface area contributed by atoms with Crippen LogP contribution in [0.25, 0.3) is 16.9 Å². The average Bonchev–Trinajstić information content (AvgIpc) is 3.30. The zero-order chi connectivity index (χ0) is 26.7. The number of hydrogen-bond acceptors (Lipinski definition) is 5. The first kappa shape index (κ1) is 25.5. The lowest BCUT2D eigenvalue weighted by Gasteiger charge is -2.13. The molecule has 2 N–H and O–H groups in total. The lowest BCUT2D eigenvalue weighted by atomic mass is 10.1. The molecule has 1 amide bonds. The van der Waals surface area contributed by atoms with Crippen molar-refractivity contribution in [1.82, 2.24) is 19.3 Å². The van der Waals surface area contributed by atoms with Gasteiger partial charge in [-0.1, -0.05) is 0 Å². The Bertz CT molecular complexity index is 1560. The van der Waals surface area contributed by atoms with Crippen LogP contribution in [0, 0.1) is 0 Å². The highest BCUT2D eigenvalue weighted by atomic mass is 19.4. The van der Waals surface area contributed by atoms with Crippen LogP contribution in [0.5, 0.6) is 5.75 Å². The number of ether oxygens (including phenoxy) is 1. The summed E-state index contributed by atoms with van der Waals surface area (Å²) in [5, 5.41) is 12.7. The zero-order valence-electron chi connectivity index (χ0n) is 19.8. The molecule has 0 spiro atoms. The molecule has 4 aromatic rings. The number of alkyl halides is 3. The molecule has 0 bridgehead atoms. The highest BCUT2D eigenvalue weighted by Crippen LogP contribution is 2.37. The molecule has 0 atom stereocenters. The highest BCUT2D eigenvalue weighted by molar-refractivity contribution is 5.95.